The maximum atomic E-state index is 12.3. The minimum atomic E-state index is -0.455. The molecule has 1 aromatic rings. The topological polar surface area (TPSA) is 50.8 Å². The Morgan fingerprint density at radius 1 is 1.39 bits per heavy atom. The first kappa shape index (κ1) is 16.0. The van der Waals surface area contributed by atoms with Crippen LogP contribution in [0.1, 0.15) is 45.1 Å². The number of fused-ring (bicyclic) bond motifs is 1. The molecule has 0 unspecified atom stereocenters. The number of piperidine rings is 1. The quantitative estimate of drug-likeness (QED) is 0.859. The van der Waals surface area contributed by atoms with Crippen LogP contribution in [0.3, 0.4) is 0 Å². The molecule has 23 heavy (non-hydrogen) atoms. The highest BCUT2D eigenvalue weighted by Gasteiger charge is 2.30. The lowest BCUT2D eigenvalue weighted by Gasteiger charge is -2.35. The number of rotatable bonds is 1. The highest BCUT2D eigenvalue weighted by atomic mass is 16.6. The molecule has 0 bridgehead atoms. The molecule has 5 heteroatoms. The van der Waals surface area contributed by atoms with Gasteiger partial charge in [-0.15, -0.1) is 0 Å². The zero-order valence-corrected chi connectivity index (χ0v) is 14.2. The summed E-state index contributed by atoms with van der Waals surface area (Å²) >= 11 is 0. The van der Waals surface area contributed by atoms with Crippen LogP contribution in [0.4, 0.5) is 10.5 Å². The van der Waals surface area contributed by atoms with Crippen molar-refractivity contribution in [1.82, 2.24) is 4.90 Å². The molecule has 2 aliphatic rings. The summed E-state index contributed by atoms with van der Waals surface area (Å²) in [5.41, 5.74) is 1.80. The van der Waals surface area contributed by atoms with Gasteiger partial charge in [-0.2, -0.15) is 0 Å². The van der Waals surface area contributed by atoms with Crippen LogP contribution in [0.5, 0.6) is 5.75 Å². The number of hydrogen-bond acceptors (Lipinski definition) is 4. The van der Waals surface area contributed by atoms with Crippen molar-refractivity contribution in [2.75, 3.05) is 31.6 Å². The van der Waals surface area contributed by atoms with Gasteiger partial charge in [0.05, 0.1) is 5.69 Å². The number of ether oxygens (including phenoxy) is 2. The minimum Gasteiger partial charge on any atom is -0.489 e. The van der Waals surface area contributed by atoms with E-state index in [1.165, 1.54) is 5.56 Å². The van der Waals surface area contributed by atoms with Crippen LogP contribution in [0, 0.1) is 0 Å². The Bertz CT molecular complexity index is 580. The second kappa shape index (κ2) is 6.30. The van der Waals surface area contributed by atoms with Crippen LogP contribution in [0.15, 0.2) is 18.2 Å². The number of amides is 1. The molecule has 1 saturated heterocycles. The molecule has 126 valence electrons. The average molecular weight is 318 g/mol. The number of carbonyl (C=O) groups is 1. The molecule has 1 amide bonds. The Morgan fingerprint density at radius 2 is 2.22 bits per heavy atom. The number of carbonyl (C=O) groups excluding carboxylic acids is 1. The SMILES string of the molecule is CC(C)(C)OC(=O)N1CCC[C@H](c2cccc3c2OCCN3)C1. The van der Waals surface area contributed by atoms with Gasteiger partial charge >= 0.3 is 6.09 Å². The molecule has 0 aromatic heterocycles. The number of anilines is 1. The summed E-state index contributed by atoms with van der Waals surface area (Å²) in [6.45, 7) is 8.68. The van der Waals surface area contributed by atoms with Crippen LogP contribution in [0.25, 0.3) is 0 Å². The predicted octanol–water partition coefficient (Wildman–Crippen LogP) is 3.61. The largest absolute Gasteiger partial charge is 0.489 e. The van der Waals surface area contributed by atoms with E-state index >= 15 is 0 Å². The molecule has 1 atom stereocenters. The highest BCUT2D eigenvalue weighted by Crippen LogP contribution is 2.39. The molecule has 1 aromatic carbocycles. The third-order valence-electron chi connectivity index (χ3n) is 4.22. The van der Waals surface area contributed by atoms with Crippen molar-refractivity contribution < 1.29 is 14.3 Å². The summed E-state index contributed by atoms with van der Waals surface area (Å²) < 4.78 is 11.4. The van der Waals surface area contributed by atoms with Gasteiger partial charge in [-0.3, -0.25) is 0 Å². The van der Waals surface area contributed by atoms with E-state index in [1.54, 1.807) is 0 Å². The van der Waals surface area contributed by atoms with Gasteiger partial charge in [-0.05, 0) is 39.7 Å². The Labute approximate surface area is 137 Å². The summed E-state index contributed by atoms with van der Waals surface area (Å²) in [4.78, 5) is 14.2. The van der Waals surface area contributed by atoms with E-state index in [-0.39, 0.29) is 6.09 Å². The molecule has 3 rings (SSSR count). The standard InChI is InChI=1S/C18H26N2O3/c1-18(2,3)23-17(21)20-10-5-6-13(12-20)14-7-4-8-15-16(14)22-11-9-19-15/h4,7-8,13,19H,5-6,9-12H2,1-3H3/t13-/m0/s1. The van der Waals surface area contributed by atoms with E-state index in [4.69, 9.17) is 9.47 Å². The monoisotopic (exact) mass is 318 g/mol. The second-order valence-corrected chi connectivity index (χ2v) is 7.26. The molecule has 2 aliphatic heterocycles. The summed E-state index contributed by atoms with van der Waals surface area (Å²) in [6, 6.07) is 6.23. The van der Waals surface area contributed by atoms with E-state index in [0.717, 1.165) is 37.4 Å². The van der Waals surface area contributed by atoms with Crippen LogP contribution in [-0.4, -0.2) is 42.8 Å². The van der Waals surface area contributed by atoms with E-state index in [9.17, 15) is 4.79 Å². The van der Waals surface area contributed by atoms with Gasteiger partial charge in [0.1, 0.15) is 18.0 Å². The lowest BCUT2D eigenvalue weighted by Crippen LogP contribution is -2.42. The van der Waals surface area contributed by atoms with Crippen LogP contribution in [0.2, 0.25) is 0 Å². The van der Waals surface area contributed by atoms with Gasteiger partial charge in [0, 0.05) is 31.1 Å². The maximum Gasteiger partial charge on any atom is 0.410 e. The van der Waals surface area contributed by atoms with Gasteiger partial charge in [0.2, 0.25) is 0 Å². The number of nitrogens with zero attached hydrogens (tertiary/aromatic N) is 1. The van der Waals surface area contributed by atoms with Crippen molar-refractivity contribution in [2.45, 2.75) is 45.1 Å². The molecule has 1 fully saturated rings. The zero-order chi connectivity index (χ0) is 16.4. The third-order valence-corrected chi connectivity index (χ3v) is 4.22. The van der Waals surface area contributed by atoms with Crippen molar-refractivity contribution >= 4 is 11.8 Å². The molecule has 0 spiro atoms. The number of benzene rings is 1. The number of likely N-dealkylation sites (tertiary alicyclic amines) is 1. The third kappa shape index (κ3) is 3.71. The van der Waals surface area contributed by atoms with Gasteiger partial charge in [0.15, 0.2) is 0 Å². The highest BCUT2D eigenvalue weighted by molar-refractivity contribution is 5.69. The Hall–Kier alpha value is -1.91. The smallest absolute Gasteiger partial charge is 0.410 e. The lowest BCUT2D eigenvalue weighted by molar-refractivity contribution is 0.0197. The molecule has 0 aliphatic carbocycles. The average Bonchev–Trinajstić information content (AvgIpc) is 2.53. The van der Waals surface area contributed by atoms with E-state index in [1.807, 2.05) is 31.7 Å². The molecule has 5 nitrogen and oxygen atoms in total. The predicted molar refractivity (Wildman–Crippen MR) is 90.2 cm³/mol. The molecule has 1 N–H and O–H groups in total. The number of hydrogen-bond donors (Lipinski definition) is 1. The number of para-hydroxylation sites is 1. The lowest BCUT2D eigenvalue weighted by atomic mass is 9.89. The zero-order valence-electron chi connectivity index (χ0n) is 14.2. The fourth-order valence-corrected chi connectivity index (χ4v) is 3.24. The summed E-state index contributed by atoms with van der Waals surface area (Å²) in [5, 5.41) is 3.38. The first-order chi connectivity index (χ1) is 10.9. The molecule has 0 saturated carbocycles. The van der Waals surface area contributed by atoms with Crippen molar-refractivity contribution in [1.29, 1.82) is 0 Å². The van der Waals surface area contributed by atoms with E-state index in [2.05, 4.69) is 17.4 Å². The van der Waals surface area contributed by atoms with E-state index in [0.29, 0.717) is 19.1 Å². The first-order valence-corrected chi connectivity index (χ1v) is 8.41. The van der Waals surface area contributed by atoms with E-state index < -0.39 is 5.60 Å². The van der Waals surface area contributed by atoms with Crippen LogP contribution >= 0.6 is 0 Å². The minimum absolute atomic E-state index is 0.217. The van der Waals surface area contributed by atoms with Gasteiger partial charge in [-0.25, -0.2) is 4.79 Å². The Morgan fingerprint density at radius 3 is 3.00 bits per heavy atom. The van der Waals surface area contributed by atoms with Gasteiger partial charge in [0.25, 0.3) is 0 Å². The normalized spacial score (nSPS) is 21.0. The second-order valence-electron chi connectivity index (χ2n) is 7.26. The Kier molecular flexibility index (Phi) is 4.37. The van der Waals surface area contributed by atoms with Crippen molar-refractivity contribution in [3.05, 3.63) is 23.8 Å². The Balaban J connectivity index is 1.75. The first-order valence-electron chi connectivity index (χ1n) is 8.41. The summed E-state index contributed by atoms with van der Waals surface area (Å²) in [7, 11) is 0. The van der Waals surface area contributed by atoms with Gasteiger partial charge < -0.3 is 19.7 Å². The van der Waals surface area contributed by atoms with Crippen molar-refractivity contribution in [3.63, 3.8) is 0 Å². The van der Waals surface area contributed by atoms with Crippen molar-refractivity contribution in [2.24, 2.45) is 0 Å². The summed E-state index contributed by atoms with van der Waals surface area (Å²) in [5.74, 6) is 1.25. The molecule has 2 heterocycles. The van der Waals surface area contributed by atoms with Crippen LogP contribution in [-0.2, 0) is 4.74 Å². The number of nitrogens with one attached hydrogen (secondary N) is 1. The van der Waals surface area contributed by atoms with Crippen molar-refractivity contribution in [3.8, 4) is 5.75 Å². The summed E-state index contributed by atoms with van der Waals surface area (Å²) in [6.07, 6.45) is 1.84. The van der Waals surface area contributed by atoms with Gasteiger partial charge in [-0.1, -0.05) is 12.1 Å². The molecule has 0 radical (unpaired) electrons. The maximum absolute atomic E-state index is 12.3. The fraction of sp³-hybridized carbons (Fsp3) is 0.611. The van der Waals surface area contributed by atoms with Crippen LogP contribution < -0.4 is 10.1 Å². The fourth-order valence-electron chi connectivity index (χ4n) is 3.24. The molecular weight excluding hydrogens is 292 g/mol. The molecular formula is C18H26N2O3.